The molecule has 0 aliphatic carbocycles. The molecule has 2 saturated heterocycles. The molecule has 5 nitrogen and oxygen atoms in total. The maximum atomic E-state index is 13.3. The summed E-state index contributed by atoms with van der Waals surface area (Å²) in [5.41, 5.74) is 0. The minimum Gasteiger partial charge on any atom is -0.481 e. The highest BCUT2D eigenvalue weighted by molar-refractivity contribution is 5.81. The van der Waals surface area contributed by atoms with Crippen molar-refractivity contribution in [1.29, 1.82) is 0 Å². The van der Waals surface area contributed by atoms with E-state index in [1.54, 1.807) is 11.8 Å². The van der Waals surface area contributed by atoms with Gasteiger partial charge in [0, 0.05) is 38.7 Å². The number of carbonyl (C=O) groups is 2. The van der Waals surface area contributed by atoms with Crippen molar-refractivity contribution in [1.82, 2.24) is 9.80 Å². The van der Waals surface area contributed by atoms with Crippen molar-refractivity contribution in [3.63, 3.8) is 0 Å². The highest BCUT2D eigenvalue weighted by atomic mass is 19.2. The Bertz CT molecular complexity index is 690. The molecule has 0 saturated carbocycles. The number of hydrogen-bond acceptors (Lipinski definition) is 3. The topological polar surface area (TPSA) is 49.9 Å². The van der Waals surface area contributed by atoms with Crippen molar-refractivity contribution >= 4 is 11.8 Å². The van der Waals surface area contributed by atoms with E-state index in [1.807, 2.05) is 4.90 Å². The van der Waals surface area contributed by atoms with E-state index in [-0.39, 0.29) is 17.6 Å². The molecule has 0 radical (unpaired) electrons. The van der Waals surface area contributed by atoms with Crippen LogP contribution in [0.5, 0.6) is 5.75 Å². The molecule has 2 aliphatic heterocycles. The second-order valence-electron chi connectivity index (χ2n) is 7.40. The first-order valence-electron chi connectivity index (χ1n) is 9.62. The second kappa shape index (κ2) is 8.67. The molecule has 2 heterocycles. The lowest BCUT2D eigenvalue weighted by Crippen LogP contribution is -2.47. The van der Waals surface area contributed by atoms with E-state index in [0.29, 0.717) is 25.4 Å². The maximum absolute atomic E-state index is 13.3. The van der Waals surface area contributed by atoms with Gasteiger partial charge in [0.15, 0.2) is 17.7 Å². The summed E-state index contributed by atoms with van der Waals surface area (Å²) < 4.78 is 31.7. The predicted octanol–water partition coefficient (Wildman–Crippen LogP) is 2.98. The molecule has 2 fully saturated rings. The fraction of sp³-hybridized carbons (Fsp3) is 0.600. The molecule has 2 aliphatic rings. The Balaban J connectivity index is 1.47. The Hall–Kier alpha value is -2.18. The van der Waals surface area contributed by atoms with Gasteiger partial charge in [0.2, 0.25) is 5.91 Å². The quantitative estimate of drug-likeness (QED) is 0.789. The minimum absolute atomic E-state index is 0.133. The summed E-state index contributed by atoms with van der Waals surface area (Å²) in [5, 5.41) is 0. The molecule has 0 bridgehead atoms. The molecular formula is C20H26F2N2O3. The smallest absolute Gasteiger partial charge is 0.263 e. The van der Waals surface area contributed by atoms with Crippen LogP contribution in [0.3, 0.4) is 0 Å². The van der Waals surface area contributed by atoms with E-state index < -0.39 is 17.7 Å². The normalized spacial score (nSPS) is 19.9. The number of amides is 2. The minimum atomic E-state index is -1.000. The largest absolute Gasteiger partial charge is 0.481 e. The Morgan fingerprint density at radius 3 is 2.59 bits per heavy atom. The first kappa shape index (κ1) is 19.6. The van der Waals surface area contributed by atoms with Crippen LogP contribution in [0.25, 0.3) is 0 Å². The lowest BCUT2D eigenvalue weighted by atomic mass is 9.95. The second-order valence-corrected chi connectivity index (χ2v) is 7.40. The number of benzene rings is 1. The number of carbonyl (C=O) groups excluding carboxylic acids is 2. The molecule has 1 atom stereocenters. The number of piperidine rings is 2. The summed E-state index contributed by atoms with van der Waals surface area (Å²) in [6.07, 6.45) is 3.65. The van der Waals surface area contributed by atoms with Gasteiger partial charge >= 0.3 is 0 Å². The highest BCUT2D eigenvalue weighted by Crippen LogP contribution is 2.23. The van der Waals surface area contributed by atoms with E-state index in [2.05, 4.69) is 0 Å². The van der Waals surface area contributed by atoms with E-state index in [9.17, 15) is 18.4 Å². The summed E-state index contributed by atoms with van der Waals surface area (Å²) in [6.45, 7) is 4.48. The first-order chi connectivity index (χ1) is 12.9. The summed E-state index contributed by atoms with van der Waals surface area (Å²) in [6, 6.07) is 3.24. The number of ether oxygens (including phenoxy) is 1. The van der Waals surface area contributed by atoms with E-state index in [0.717, 1.165) is 50.9 Å². The Morgan fingerprint density at radius 1 is 1.19 bits per heavy atom. The van der Waals surface area contributed by atoms with Crippen LogP contribution in [0.4, 0.5) is 8.78 Å². The van der Waals surface area contributed by atoms with E-state index in [4.69, 9.17) is 4.74 Å². The SMILES string of the molecule is CC(Oc1ccc(F)c(F)c1)C(=O)N1CCC(CN2CCCCC2=O)CC1. The van der Waals surface area contributed by atoms with Crippen molar-refractivity contribution < 1.29 is 23.1 Å². The number of nitrogens with zero attached hydrogens (tertiary/aromatic N) is 2. The van der Waals surface area contributed by atoms with Crippen LogP contribution < -0.4 is 4.74 Å². The standard InChI is InChI=1S/C20H26F2N2O3/c1-14(27-16-5-6-17(21)18(22)12-16)20(26)23-10-7-15(8-11-23)13-24-9-3-2-4-19(24)25/h5-6,12,14-15H,2-4,7-11,13H2,1H3. The van der Waals surface area contributed by atoms with Gasteiger partial charge in [-0.1, -0.05) is 0 Å². The Morgan fingerprint density at radius 2 is 1.93 bits per heavy atom. The van der Waals surface area contributed by atoms with Gasteiger partial charge in [-0.05, 0) is 50.7 Å². The average molecular weight is 380 g/mol. The van der Waals surface area contributed by atoms with Crippen molar-refractivity contribution in [2.75, 3.05) is 26.2 Å². The van der Waals surface area contributed by atoms with E-state index >= 15 is 0 Å². The maximum Gasteiger partial charge on any atom is 0.263 e. The van der Waals surface area contributed by atoms with Crippen LogP contribution in [0, 0.1) is 17.6 Å². The molecule has 1 aromatic carbocycles. The lowest BCUT2D eigenvalue weighted by Gasteiger charge is -2.36. The zero-order valence-corrected chi connectivity index (χ0v) is 15.6. The van der Waals surface area contributed by atoms with Crippen LogP contribution in [0.1, 0.15) is 39.0 Å². The van der Waals surface area contributed by atoms with Crippen molar-refractivity contribution in [3.8, 4) is 5.75 Å². The van der Waals surface area contributed by atoms with E-state index in [1.165, 1.54) is 6.07 Å². The third-order valence-corrected chi connectivity index (χ3v) is 5.38. The van der Waals surface area contributed by atoms with Gasteiger partial charge in [-0.15, -0.1) is 0 Å². The van der Waals surface area contributed by atoms with Crippen LogP contribution in [0.15, 0.2) is 18.2 Å². The molecule has 0 aromatic heterocycles. The zero-order valence-electron chi connectivity index (χ0n) is 15.6. The van der Waals surface area contributed by atoms with Crippen LogP contribution in [-0.4, -0.2) is 53.9 Å². The van der Waals surface area contributed by atoms with Gasteiger partial charge < -0.3 is 14.5 Å². The van der Waals surface area contributed by atoms with Gasteiger partial charge in [-0.25, -0.2) is 8.78 Å². The highest BCUT2D eigenvalue weighted by Gasteiger charge is 2.29. The van der Waals surface area contributed by atoms with Crippen LogP contribution >= 0.6 is 0 Å². The molecule has 1 unspecified atom stereocenters. The summed E-state index contributed by atoms with van der Waals surface area (Å²) in [4.78, 5) is 28.2. The number of rotatable bonds is 5. The molecule has 148 valence electrons. The molecule has 0 spiro atoms. The monoisotopic (exact) mass is 380 g/mol. The fourth-order valence-corrected chi connectivity index (χ4v) is 3.76. The van der Waals surface area contributed by atoms with Crippen molar-refractivity contribution in [2.45, 2.75) is 45.1 Å². The van der Waals surface area contributed by atoms with Crippen molar-refractivity contribution in [2.24, 2.45) is 5.92 Å². The summed E-state index contributed by atoms with van der Waals surface area (Å²) in [5.74, 6) is -1.32. The number of hydrogen-bond donors (Lipinski definition) is 0. The van der Waals surface area contributed by atoms with Gasteiger partial charge in [0.05, 0.1) is 0 Å². The van der Waals surface area contributed by atoms with Crippen LogP contribution in [-0.2, 0) is 9.59 Å². The molecule has 3 rings (SSSR count). The molecule has 2 amide bonds. The van der Waals surface area contributed by atoms with Crippen LogP contribution in [0.2, 0.25) is 0 Å². The third-order valence-electron chi connectivity index (χ3n) is 5.38. The molecule has 1 aromatic rings. The lowest BCUT2D eigenvalue weighted by molar-refractivity contribution is -0.140. The summed E-state index contributed by atoms with van der Waals surface area (Å²) >= 11 is 0. The Labute approximate surface area is 158 Å². The predicted molar refractivity (Wildman–Crippen MR) is 96.2 cm³/mol. The van der Waals surface area contributed by atoms with Gasteiger partial charge in [-0.3, -0.25) is 9.59 Å². The number of likely N-dealkylation sites (tertiary alicyclic amines) is 2. The average Bonchev–Trinajstić information content (AvgIpc) is 2.66. The Kier molecular flexibility index (Phi) is 6.29. The first-order valence-corrected chi connectivity index (χ1v) is 9.62. The summed E-state index contributed by atoms with van der Waals surface area (Å²) in [7, 11) is 0. The van der Waals surface area contributed by atoms with Crippen molar-refractivity contribution in [3.05, 3.63) is 29.8 Å². The molecular weight excluding hydrogens is 354 g/mol. The van der Waals surface area contributed by atoms with Gasteiger partial charge in [0.25, 0.3) is 5.91 Å². The zero-order chi connectivity index (χ0) is 19.4. The molecule has 27 heavy (non-hydrogen) atoms. The fourth-order valence-electron chi connectivity index (χ4n) is 3.76. The number of halogens is 2. The van der Waals surface area contributed by atoms with Gasteiger partial charge in [-0.2, -0.15) is 0 Å². The van der Waals surface area contributed by atoms with Gasteiger partial charge in [0.1, 0.15) is 5.75 Å². The third kappa shape index (κ3) is 4.96. The molecule has 0 N–H and O–H groups in total. The molecule has 7 heteroatoms.